The number of benzene rings is 1. The minimum absolute atomic E-state index is 0.0635. The summed E-state index contributed by atoms with van der Waals surface area (Å²) in [6.07, 6.45) is 0.743. The van der Waals surface area contributed by atoms with E-state index in [1.165, 1.54) is 0 Å². The molecule has 0 spiro atoms. The minimum Gasteiger partial charge on any atom is -0.394 e. The van der Waals surface area contributed by atoms with Crippen LogP contribution in [0.5, 0.6) is 0 Å². The third kappa shape index (κ3) is 4.73. The summed E-state index contributed by atoms with van der Waals surface area (Å²) >= 11 is 5.98. The van der Waals surface area contributed by atoms with Gasteiger partial charge in [-0.1, -0.05) is 30.7 Å². The van der Waals surface area contributed by atoms with Crippen LogP contribution in [0.25, 0.3) is 0 Å². The summed E-state index contributed by atoms with van der Waals surface area (Å²) in [5.74, 6) is -0.398. The monoisotopic (exact) mass is 369 g/mol. The zero-order chi connectivity index (χ0) is 18.6. The number of piperidine rings is 1. The molecule has 5 nitrogen and oxygen atoms in total. The number of nitrogens with zero attached hydrogens (tertiary/aromatic N) is 1. The predicted molar refractivity (Wildman–Crippen MR) is 97.2 cm³/mol. The molecular weight excluding hydrogens is 342 g/mol. The molecule has 3 N–H and O–H groups in total. The standard InChI is InChI=1S/C19H28ClNO4/c1-3-17(12(2)23)21-18(13-4-7-15(20)8-5-13)9-6-14(19(21)25)10-16(24)11-22/h4-5,7-8,12,14,16-18,22-24H,3,6,9-11H2,1-2H3. The Hall–Kier alpha value is -1.14. The van der Waals surface area contributed by atoms with Gasteiger partial charge < -0.3 is 20.2 Å². The summed E-state index contributed by atoms with van der Waals surface area (Å²) in [5, 5.41) is 29.7. The van der Waals surface area contributed by atoms with Gasteiger partial charge >= 0.3 is 0 Å². The van der Waals surface area contributed by atoms with Crippen molar-refractivity contribution in [2.75, 3.05) is 6.61 Å². The Balaban J connectivity index is 2.32. The van der Waals surface area contributed by atoms with Crippen LogP contribution in [0.4, 0.5) is 0 Å². The van der Waals surface area contributed by atoms with Gasteiger partial charge in [0, 0.05) is 10.9 Å². The lowest BCUT2D eigenvalue weighted by Gasteiger charge is -2.45. The Morgan fingerprint density at radius 3 is 2.40 bits per heavy atom. The maximum absolute atomic E-state index is 13.1. The van der Waals surface area contributed by atoms with Crippen molar-refractivity contribution in [3.63, 3.8) is 0 Å². The third-order valence-electron chi connectivity index (χ3n) is 5.08. The number of carbonyl (C=O) groups is 1. The Morgan fingerprint density at radius 2 is 1.88 bits per heavy atom. The molecule has 5 atom stereocenters. The van der Waals surface area contributed by atoms with Crippen molar-refractivity contribution in [2.45, 2.75) is 63.8 Å². The molecule has 1 fully saturated rings. The number of hydrogen-bond donors (Lipinski definition) is 3. The molecule has 1 aromatic carbocycles. The Labute approximate surface area is 154 Å². The number of halogens is 1. The molecule has 1 saturated heterocycles. The molecule has 140 valence electrons. The average Bonchev–Trinajstić information content (AvgIpc) is 2.59. The average molecular weight is 370 g/mol. The highest BCUT2D eigenvalue weighted by Crippen LogP contribution is 2.38. The Kier molecular flexibility index (Phi) is 7.25. The predicted octanol–water partition coefficient (Wildman–Crippen LogP) is 2.52. The number of likely N-dealkylation sites (tertiary alicyclic amines) is 1. The van der Waals surface area contributed by atoms with Gasteiger partial charge in [-0.05, 0) is 50.3 Å². The quantitative estimate of drug-likeness (QED) is 0.689. The van der Waals surface area contributed by atoms with E-state index in [0.29, 0.717) is 17.9 Å². The van der Waals surface area contributed by atoms with Crippen molar-refractivity contribution in [2.24, 2.45) is 5.92 Å². The Bertz CT molecular complexity index is 563. The first-order chi connectivity index (χ1) is 11.9. The molecule has 6 heteroatoms. The number of hydrogen-bond acceptors (Lipinski definition) is 4. The number of aliphatic hydroxyl groups excluding tert-OH is 3. The van der Waals surface area contributed by atoms with Crippen LogP contribution in [0.1, 0.15) is 51.1 Å². The third-order valence-corrected chi connectivity index (χ3v) is 5.33. The van der Waals surface area contributed by atoms with Crippen LogP contribution >= 0.6 is 11.6 Å². The molecule has 1 heterocycles. The first-order valence-corrected chi connectivity index (χ1v) is 9.31. The number of rotatable bonds is 7. The zero-order valence-electron chi connectivity index (χ0n) is 14.8. The first kappa shape index (κ1) is 20.2. The molecule has 0 aromatic heterocycles. The van der Waals surface area contributed by atoms with Crippen LogP contribution in [0.15, 0.2) is 24.3 Å². The fraction of sp³-hybridized carbons (Fsp3) is 0.632. The van der Waals surface area contributed by atoms with Gasteiger partial charge in [-0.15, -0.1) is 0 Å². The van der Waals surface area contributed by atoms with Crippen LogP contribution in [-0.2, 0) is 4.79 Å². The maximum Gasteiger partial charge on any atom is 0.226 e. The second kappa shape index (κ2) is 8.99. The van der Waals surface area contributed by atoms with Crippen molar-refractivity contribution in [1.29, 1.82) is 0 Å². The van der Waals surface area contributed by atoms with Crippen molar-refractivity contribution >= 4 is 17.5 Å². The lowest BCUT2D eigenvalue weighted by atomic mass is 9.83. The molecule has 0 bridgehead atoms. The fourth-order valence-electron chi connectivity index (χ4n) is 3.78. The summed E-state index contributed by atoms with van der Waals surface area (Å²) in [6, 6.07) is 7.05. The fourth-order valence-corrected chi connectivity index (χ4v) is 3.91. The van der Waals surface area contributed by atoms with Crippen molar-refractivity contribution < 1.29 is 20.1 Å². The van der Waals surface area contributed by atoms with E-state index in [1.807, 2.05) is 31.2 Å². The van der Waals surface area contributed by atoms with Gasteiger partial charge in [0.25, 0.3) is 0 Å². The summed E-state index contributed by atoms with van der Waals surface area (Å²) in [4.78, 5) is 14.9. The van der Waals surface area contributed by atoms with E-state index < -0.39 is 12.2 Å². The summed E-state index contributed by atoms with van der Waals surface area (Å²) in [6.45, 7) is 3.31. The highest BCUT2D eigenvalue weighted by molar-refractivity contribution is 6.30. The topological polar surface area (TPSA) is 81.0 Å². The highest BCUT2D eigenvalue weighted by atomic mass is 35.5. The molecule has 1 aliphatic heterocycles. The van der Waals surface area contributed by atoms with Gasteiger partial charge in [0.15, 0.2) is 0 Å². The molecule has 25 heavy (non-hydrogen) atoms. The number of carbonyl (C=O) groups excluding carboxylic acids is 1. The summed E-state index contributed by atoms with van der Waals surface area (Å²) in [7, 11) is 0. The molecule has 1 amide bonds. The molecule has 1 aliphatic rings. The minimum atomic E-state index is -0.894. The van der Waals surface area contributed by atoms with E-state index in [1.54, 1.807) is 11.8 Å². The summed E-state index contributed by atoms with van der Waals surface area (Å²) < 4.78 is 0. The van der Waals surface area contributed by atoms with Crippen LogP contribution in [0.2, 0.25) is 5.02 Å². The van der Waals surface area contributed by atoms with Crippen molar-refractivity contribution in [3.05, 3.63) is 34.9 Å². The zero-order valence-corrected chi connectivity index (χ0v) is 15.6. The van der Waals surface area contributed by atoms with Crippen LogP contribution in [0, 0.1) is 5.92 Å². The van der Waals surface area contributed by atoms with Crippen molar-refractivity contribution in [3.8, 4) is 0 Å². The smallest absolute Gasteiger partial charge is 0.226 e. The lowest BCUT2D eigenvalue weighted by molar-refractivity contribution is -0.150. The van der Waals surface area contributed by atoms with E-state index in [2.05, 4.69) is 0 Å². The highest BCUT2D eigenvalue weighted by Gasteiger charge is 2.41. The SMILES string of the molecule is CCC(C(C)O)N1C(=O)C(CC(O)CO)CCC1c1ccc(Cl)cc1. The molecule has 0 aliphatic carbocycles. The van der Waals surface area contributed by atoms with Crippen LogP contribution in [-0.4, -0.2) is 51.0 Å². The van der Waals surface area contributed by atoms with Gasteiger partial charge in [0.1, 0.15) is 0 Å². The molecule has 1 aromatic rings. The normalized spacial score (nSPS) is 24.9. The van der Waals surface area contributed by atoms with E-state index >= 15 is 0 Å². The lowest BCUT2D eigenvalue weighted by Crippen LogP contribution is -2.53. The van der Waals surface area contributed by atoms with E-state index in [9.17, 15) is 15.0 Å². The second-order valence-electron chi connectivity index (χ2n) is 6.88. The molecule has 0 saturated carbocycles. The van der Waals surface area contributed by atoms with Gasteiger partial charge in [-0.25, -0.2) is 0 Å². The maximum atomic E-state index is 13.1. The summed E-state index contributed by atoms with van der Waals surface area (Å²) in [5.41, 5.74) is 0.998. The molecule has 0 radical (unpaired) electrons. The number of amides is 1. The van der Waals surface area contributed by atoms with E-state index in [0.717, 1.165) is 12.0 Å². The molecule has 2 rings (SSSR count). The van der Waals surface area contributed by atoms with Crippen LogP contribution < -0.4 is 0 Å². The van der Waals surface area contributed by atoms with Crippen LogP contribution in [0.3, 0.4) is 0 Å². The first-order valence-electron chi connectivity index (χ1n) is 8.93. The number of aliphatic hydroxyl groups is 3. The van der Waals surface area contributed by atoms with Gasteiger partial charge in [0.2, 0.25) is 5.91 Å². The second-order valence-corrected chi connectivity index (χ2v) is 7.31. The van der Waals surface area contributed by atoms with Gasteiger partial charge in [0.05, 0.1) is 30.9 Å². The van der Waals surface area contributed by atoms with Crippen molar-refractivity contribution in [1.82, 2.24) is 4.90 Å². The Morgan fingerprint density at radius 1 is 1.24 bits per heavy atom. The largest absolute Gasteiger partial charge is 0.394 e. The van der Waals surface area contributed by atoms with Gasteiger partial charge in [-0.2, -0.15) is 0 Å². The van der Waals surface area contributed by atoms with E-state index in [4.69, 9.17) is 16.7 Å². The van der Waals surface area contributed by atoms with Gasteiger partial charge in [-0.3, -0.25) is 4.79 Å². The molecular formula is C19H28ClNO4. The molecule has 5 unspecified atom stereocenters. The van der Waals surface area contributed by atoms with E-state index in [-0.39, 0.29) is 36.9 Å².